The number of non-ortho nitro benzene ring substituents is 1. The number of ether oxygens (including phenoxy) is 3. The zero-order valence-corrected chi connectivity index (χ0v) is 10.0. The first-order chi connectivity index (χ1) is 8.58. The summed E-state index contributed by atoms with van der Waals surface area (Å²) < 4.78 is 14.4. The Morgan fingerprint density at radius 2 is 2.11 bits per heavy atom. The summed E-state index contributed by atoms with van der Waals surface area (Å²) in [7, 11) is 2.70. The third kappa shape index (κ3) is 3.70. The molecule has 0 amide bonds. The van der Waals surface area contributed by atoms with Gasteiger partial charge in [0.1, 0.15) is 5.75 Å². The monoisotopic (exact) mass is 255 g/mol. The predicted molar refractivity (Wildman–Crippen MR) is 61.3 cm³/mol. The molecule has 0 spiro atoms. The Hall–Kier alpha value is -2.15. The highest BCUT2D eigenvalue weighted by molar-refractivity contribution is 5.73. The van der Waals surface area contributed by atoms with E-state index < -0.39 is 10.9 Å². The Balaban J connectivity index is 2.99. The van der Waals surface area contributed by atoms with Crippen LogP contribution in [0.15, 0.2) is 18.2 Å². The van der Waals surface area contributed by atoms with Crippen LogP contribution in [0.4, 0.5) is 5.69 Å². The minimum absolute atomic E-state index is 0.0203. The van der Waals surface area contributed by atoms with E-state index in [9.17, 15) is 14.9 Å². The maximum absolute atomic E-state index is 11.2. The van der Waals surface area contributed by atoms with Gasteiger partial charge >= 0.3 is 5.97 Å². The minimum Gasteiger partial charge on any atom is -0.469 e. The molecule has 0 atom stereocenters. The lowest BCUT2D eigenvalue weighted by Crippen LogP contribution is -2.08. The Morgan fingerprint density at radius 1 is 1.39 bits per heavy atom. The van der Waals surface area contributed by atoms with Crippen molar-refractivity contribution >= 4 is 11.7 Å². The highest BCUT2D eigenvalue weighted by Gasteiger charge is 2.14. The number of carbonyl (C=O) groups excluding carboxylic acids is 1. The second-order valence-electron chi connectivity index (χ2n) is 3.35. The van der Waals surface area contributed by atoms with Gasteiger partial charge in [-0.05, 0) is 6.07 Å². The molecule has 0 aliphatic carbocycles. The Kier molecular flexibility index (Phi) is 5.06. The fourth-order valence-electron chi connectivity index (χ4n) is 1.29. The van der Waals surface area contributed by atoms with Crippen LogP contribution in [0.1, 0.15) is 5.56 Å². The highest BCUT2D eigenvalue weighted by atomic mass is 16.7. The minimum atomic E-state index is -0.540. The standard InChI is InChI=1S/C11H13NO6/c1-16-7-18-10-6-9(12(14)15)4-3-8(10)5-11(13)17-2/h3-4,6H,5,7H2,1-2H3. The Labute approximate surface area is 103 Å². The summed E-state index contributed by atoms with van der Waals surface area (Å²) >= 11 is 0. The van der Waals surface area contributed by atoms with Gasteiger partial charge in [0.25, 0.3) is 5.69 Å². The molecule has 0 saturated heterocycles. The Bertz CT molecular complexity index is 445. The number of benzene rings is 1. The first-order valence-corrected chi connectivity index (χ1v) is 5.04. The first-order valence-electron chi connectivity index (χ1n) is 5.04. The molecule has 18 heavy (non-hydrogen) atoms. The molecule has 0 aliphatic rings. The molecule has 0 bridgehead atoms. The first kappa shape index (κ1) is 13.9. The number of nitro benzene ring substituents is 1. The van der Waals surface area contributed by atoms with E-state index in [4.69, 9.17) is 9.47 Å². The van der Waals surface area contributed by atoms with Gasteiger partial charge in [-0.25, -0.2) is 0 Å². The number of hydrogen-bond acceptors (Lipinski definition) is 6. The van der Waals surface area contributed by atoms with Crippen molar-refractivity contribution in [3.8, 4) is 5.75 Å². The topological polar surface area (TPSA) is 87.9 Å². The van der Waals surface area contributed by atoms with Crippen molar-refractivity contribution in [3.05, 3.63) is 33.9 Å². The van der Waals surface area contributed by atoms with Crippen molar-refractivity contribution in [1.29, 1.82) is 0 Å². The van der Waals surface area contributed by atoms with E-state index in [0.717, 1.165) is 0 Å². The maximum Gasteiger partial charge on any atom is 0.310 e. The molecule has 0 N–H and O–H groups in total. The fourth-order valence-corrected chi connectivity index (χ4v) is 1.29. The van der Waals surface area contributed by atoms with Crippen LogP contribution in [0.3, 0.4) is 0 Å². The average Bonchev–Trinajstić information content (AvgIpc) is 2.37. The normalized spacial score (nSPS) is 9.89. The lowest BCUT2D eigenvalue weighted by atomic mass is 10.1. The molecule has 1 rings (SSSR count). The van der Waals surface area contributed by atoms with Gasteiger partial charge in [-0.2, -0.15) is 0 Å². The molecule has 0 unspecified atom stereocenters. The third-order valence-electron chi connectivity index (χ3n) is 2.16. The van der Waals surface area contributed by atoms with Crippen molar-refractivity contribution in [2.45, 2.75) is 6.42 Å². The summed E-state index contributed by atoms with van der Waals surface area (Å²) in [5.74, 6) is -0.220. The van der Waals surface area contributed by atoms with Gasteiger partial charge in [-0.3, -0.25) is 14.9 Å². The molecular weight excluding hydrogens is 242 g/mol. The van der Waals surface area contributed by atoms with Gasteiger partial charge in [0, 0.05) is 18.7 Å². The molecule has 1 aromatic rings. The van der Waals surface area contributed by atoms with E-state index in [-0.39, 0.29) is 24.7 Å². The van der Waals surface area contributed by atoms with Gasteiger partial charge < -0.3 is 14.2 Å². The van der Waals surface area contributed by atoms with Crippen LogP contribution in [-0.4, -0.2) is 31.9 Å². The van der Waals surface area contributed by atoms with E-state index in [1.54, 1.807) is 0 Å². The molecule has 0 fully saturated rings. The maximum atomic E-state index is 11.2. The Morgan fingerprint density at radius 3 is 2.67 bits per heavy atom. The average molecular weight is 255 g/mol. The highest BCUT2D eigenvalue weighted by Crippen LogP contribution is 2.25. The number of esters is 1. The van der Waals surface area contributed by atoms with Crippen molar-refractivity contribution in [3.63, 3.8) is 0 Å². The molecule has 0 aromatic heterocycles. The number of carbonyl (C=O) groups is 1. The lowest BCUT2D eigenvalue weighted by molar-refractivity contribution is -0.385. The van der Waals surface area contributed by atoms with E-state index >= 15 is 0 Å². The zero-order valence-electron chi connectivity index (χ0n) is 10.0. The van der Waals surface area contributed by atoms with Crippen molar-refractivity contribution in [1.82, 2.24) is 0 Å². The van der Waals surface area contributed by atoms with Gasteiger partial charge in [-0.15, -0.1) is 0 Å². The number of methoxy groups -OCH3 is 2. The smallest absolute Gasteiger partial charge is 0.310 e. The van der Waals surface area contributed by atoms with E-state index in [1.165, 1.54) is 32.4 Å². The quantitative estimate of drug-likeness (QED) is 0.329. The van der Waals surface area contributed by atoms with Crippen LogP contribution in [0, 0.1) is 10.1 Å². The van der Waals surface area contributed by atoms with Crippen LogP contribution in [0.2, 0.25) is 0 Å². The summed E-state index contributed by atoms with van der Waals surface area (Å²) in [5, 5.41) is 10.6. The van der Waals surface area contributed by atoms with Crippen molar-refractivity contribution < 1.29 is 23.9 Å². The van der Waals surface area contributed by atoms with Gasteiger partial charge in [0.2, 0.25) is 0 Å². The molecule has 98 valence electrons. The summed E-state index contributed by atoms with van der Waals surface area (Å²) in [6.07, 6.45) is -0.0203. The summed E-state index contributed by atoms with van der Waals surface area (Å²) in [6, 6.07) is 4.01. The SMILES string of the molecule is COCOc1cc([N+](=O)[O-])ccc1CC(=O)OC. The van der Waals surface area contributed by atoms with E-state index in [2.05, 4.69) is 4.74 Å². The number of hydrogen-bond donors (Lipinski definition) is 0. The zero-order chi connectivity index (χ0) is 13.5. The van der Waals surface area contributed by atoms with Crippen LogP contribution >= 0.6 is 0 Å². The summed E-state index contributed by atoms with van der Waals surface area (Å²) in [4.78, 5) is 21.3. The largest absolute Gasteiger partial charge is 0.469 e. The molecular formula is C11H13NO6. The van der Waals surface area contributed by atoms with Crippen molar-refractivity contribution in [2.24, 2.45) is 0 Å². The number of nitrogens with zero attached hydrogens (tertiary/aromatic N) is 1. The molecule has 1 aromatic carbocycles. The van der Waals surface area contributed by atoms with Gasteiger partial charge in [0.05, 0.1) is 24.5 Å². The van der Waals surface area contributed by atoms with Crippen LogP contribution in [0.5, 0.6) is 5.75 Å². The molecule has 7 nitrogen and oxygen atoms in total. The van der Waals surface area contributed by atoms with Crippen LogP contribution in [0.25, 0.3) is 0 Å². The van der Waals surface area contributed by atoms with Crippen LogP contribution < -0.4 is 4.74 Å². The lowest BCUT2D eigenvalue weighted by Gasteiger charge is -2.09. The predicted octanol–water partition coefficient (Wildman–Crippen LogP) is 1.29. The van der Waals surface area contributed by atoms with Crippen molar-refractivity contribution in [2.75, 3.05) is 21.0 Å². The van der Waals surface area contributed by atoms with E-state index in [1.807, 2.05) is 0 Å². The number of rotatable bonds is 6. The molecule has 7 heteroatoms. The molecule has 0 aliphatic heterocycles. The summed E-state index contributed by atoms with van der Waals surface area (Å²) in [5.41, 5.74) is 0.388. The third-order valence-corrected chi connectivity index (χ3v) is 2.16. The van der Waals surface area contributed by atoms with Crippen LogP contribution in [-0.2, 0) is 20.7 Å². The fraction of sp³-hybridized carbons (Fsp3) is 0.364. The molecule has 0 saturated carbocycles. The van der Waals surface area contributed by atoms with Gasteiger partial charge in [-0.1, -0.05) is 0 Å². The summed E-state index contributed by atoms with van der Waals surface area (Å²) in [6.45, 7) is -0.0602. The number of nitro groups is 1. The molecule has 0 radical (unpaired) electrons. The second-order valence-corrected chi connectivity index (χ2v) is 3.35. The molecule has 0 heterocycles. The van der Waals surface area contributed by atoms with E-state index in [0.29, 0.717) is 5.56 Å². The van der Waals surface area contributed by atoms with Gasteiger partial charge in [0.15, 0.2) is 6.79 Å². The second kappa shape index (κ2) is 6.55.